The molecule has 1 aromatic heterocycles. The van der Waals surface area contributed by atoms with Gasteiger partial charge in [-0.15, -0.1) is 0 Å². The maximum Gasteiger partial charge on any atom is 0.162 e. The molecule has 0 bridgehead atoms. The summed E-state index contributed by atoms with van der Waals surface area (Å²) in [4.78, 5) is 0. The Morgan fingerprint density at radius 2 is 1.67 bits per heavy atom. The summed E-state index contributed by atoms with van der Waals surface area (Å²) in [7, 11) is 0. The van der Waals surface area contributed by atoms with E-state index in [1.54, 1.807) is 6.07 Å². The first kappa shape index (κ1) is 18.2. The molecule has 0 atom stereocenters. The lowest BCUT2D eigenvalue weighted by atomic mass is 10.1. The second-order valence-electron chi connectivity index (χ2n) is 6.43. The Morgan fingerprint density at radius 1 is 1.00 bits per heavy atom. The highest BCUT2D eigenvalue weighted by molar-refractivity contribution is 5.81. The van der Waals surface area contributed by atoms with Crippen LogP contribution < -0.4 is 0 Å². The average molecular weight is 330 g/mol. The highest BCUT2D eigenvalue weighted by Crippen LogP contribution is 2.28. The van der Waals surface area contributed by atoms with Crippen LogP contribution in [0.1, 0.15) is 52.2 Å². The summed E-state index contributed by atoms with van der Waals surface area (Å²) in [5.74, 6) is -1.18. The van der Waals surface area contributed by atoms with Crippen molar-refractivity contribution in [2.45, 2.75) is 46.5 Å². The predicted octanol–water partition coefficient (Wildman–Crippen LogP) is 7.20. The number of hydrogen-bond acceptors (Lipinski definition) is 1. The standard InChI is InChI=1S/C21H24F2O/c1-14(2)7-5-8-15(3)9-6-10-16(4)20-12-17-11-18(22)19(23)13-21(17)24-20/h7,9,11-13H,4-6,8,10H2,1-3H3/b15-9+. The first-order valence-corrected chi connectivity index (χ1v) is 8.22. The van der Waals surface area contributed by atoms with Gasteiger partial charge >= 0.3 is 0 Å². The van der Waals surface area contributed by atoms with E-state index in [0.717, 1.165) is 43.4 Å². The van der Waals surface area contributed by atoms with Gasteiger partial charge in [0, 0.05) is 11.5 Å². The molecule has 3 heteroatoms. The predicted molar refractivity (Wildman–Crippen MR) is 96.8 cm³/mol. The molecule has 0 aliphatic heterocycles. The Balaban J connectivity index is 1.94. The van der Waals surface area contributed by atoms with Gasteiger partial charge in [0.1, 0.15) is 11.3 Å². The van der Waals surface area contributed by atoms with E-state index < -0.39 is 11.6 Å². The van der Waals surface area contributed by atoms with Gasteiger partial charge in [0.2, 0.25) is 0 Å². The Morgan fingerprint density at radius 3 is 2.38 bits per heavy atom. The lowest BCUT2D eigenvalue weighted by molar-refractivity contribution is 0.506. The van der Waals surface area contributed by atoms with E-state index in [1.807, 2.05) is 0 Å². The summed E-state index contributed by atoms with van der Waals surface area (Å²) < 4.78 is 32.1. The van der Waals surface area contributed by atoms with Crippen LogP contribution >= 0.6 is 0 Å². The number of furan rings is 1. The molecule has 2 aromatic rings. The molecule has 1 nitrogen and oxygen atoms in total. The van der Waals surface area contributed by atoms with Crippen LogP contribution in [0, 0.1) is 11.6 Å². The van der Waals surface area contributed by atoms with E-state index >= 15 is 0 Å². The molecule has 0 saturated heterocycles. The maximum atomic E-state index is 13.3. The SMILES string of the molecule is C=C(CC/C=C(\C)CCC=C(C)C)c1cc2cc(F)c(F)cc2o1. The van der Waals surface area contributed by atoms with Gasteiger partial charge in [0.15, 0.2) is 11.6 Å². The molecular formula is C21H24F2O. The van der Waals surface area contributed by atoms with Gasteiger partial charge in [-0.3, -0.25) is 0 Å². The Hall–Kier alpha value is -2.16. The van der Waals surface area contributed by atoms with E-state index in [9.17, 15) is 8.78 Å². The molecule has 128 valence electrons. The number of allylic oxidation sites excluding steroid dienone is 5. The van der Waals surface area contributed by atoms with Gasteiger partial charge in [0.05, 0.1) is 0 Å². The average Bonchev–Trinajstić information content (AvgIpc) is 2.90. The number of benzene rings is 1. The minimum Gasteiger partial charge on any atom is -0.456 e. The molecule has 0 aliphatic carbocycles. The van der Waals surface area contributed by atoms with Crippen molar-refractivity contribution in [1.29, 1.82) is 0 Å². The molecule has 2 rings (SSSR count). The van der Waals surface area contributed by atoms with E-state index in [-0.39, 0.29) is 0 Å². The molecule has 1 heterocycles. The van der Waals surface area contributed by atoms with Crippen LogP contribution in [-0.4, -0.2) is 0 Å². The molecule has 0 aliphatic rings. The summed E-state index contributed by atoms with van der Waals surface area (Å²) in [5.41, 5.74) is 3.88. The third-order valence-corrected chi connectivity index (χ3v) is 3.94. The summed E-state index contributed by atoms with van der Waals surface area (Å²) in [6, 6.07) is 3.94. The summed E-state index contributed by atoms with van der Waals surface area (Å²) in [6.07, 6.45) is 8.20. The molecular weight excluding hydrogens is 306 g/mol. The van der Waals surface area contributed by atoms with E-state index in [1.165, 1.54) is 11.1 Å². The zero-order valence-electron chi connectivity index (χ0n) is 14.6. The van der Waals surface area contributed by atoms with Gasteiger partial charge in [-0.1, -0.05) is 29.9 Å². The highest BCUT2D eigenvalue weighted by Gasteiger charge is 2.11. The molecule has 0 saturated carbocycles. The van der Waals surface area contributed by atoms with Crippen LogP contribution in [0.15, 0.2) is 52.5 Å². The van der Waals surface area contributed by atoms with Crippen molar-refractivity contribution < 1.29 is 13.2 Å². The Kier molecular flexibility index (Phi) is 6.13. The first-order valence-electron chi connectivity index (χ1n) is 8.22. The maximum absolute atomic E-state index is 13.3. The zero-order valence-corrected chi connectivity index (χ0v) is 14.6. The third-order valence-electron chi connectivity index (χ3n) is 3.94. The second-order valence-corrected chi connectivity index (χ2v) is 6.43. The van der Waals surface area contributed by atoms with Crippen molar-refractivity contribution in [3.63, 3.8) is 0 Å². The summed E-state index contributed by atoms with van der Waals surface area (Å²) in [6.45, 7) is 10.4. The van der Waals surface area contributed by atoms with Crippen molar-refractivity contribution in [1.82, 2.24) is 0 Å². The van der Waals surface area contributed by atoms with Gasteiger partial charge in [-0.25, -0.2) is 8.78 Å². The molecule has 0 N–H and O–H groups in total. The zero-order chi connectivity index (χ0) is 17.7. The van der Waals surface area contributed by atoms with Crippen molar-refractivity contribution >= 4 is 16.5 Å². The largest absolute Gasteiger partial charge is 0.456 e. The van der Waals surface area contributed by atoms with Crippen molar-refractivity contribution in [3.05, 3.63) is 65.5 Å². The molecule has 1 aromatic carbocycles. The van der Waals surface area contributed by atoms with Crippen LogP contribution in [0.2, 0.25) is 0 Å². The first-order chi connectivity index (χ1) is 11.4. The second kappa shape index (κ2) is 8.09. The lowest BCUT2D eigenvalue weighted by Crippen LogP contribution is -1.81. The van der Waals surface area contributed by atoms with Gasteiger partial charge < -0.3 is 4.42 Å². The third kappa shape index (κ3) is 4.92. The van der Waals surface area contributed by atoms with Crippen LogP contribution in [0.25, 0.3) is 16.5 Å². The Labute approximate surface area is 142 Å². The lowest BCUT2D eigenvalue weighted by Gasteiger charge is -2.02. The number of hydrogen-bond donors (Lipinski definition) is 0. The normalized spacial score (nSPS) is 11.8. The topological polar surface area (TPSA) is 13.1 Å². The number of fused-ring (bicyclic) bond motifs is 1. The van der Waals surface area contributed by atoms with Crippen molar-refractivity contribution in [3.8, 4) is 0 Å². The Bertz CT molecular complexity index is 751. The van der Waals surface area contributed by atoms with E-state index in [2.05, 4.69) is 39.5 Å². The molecule has 24 heavy (non-hydrogen) atoms. The van der Waals surface area contributed by atoms with Crippen LogP contribution in [-0.2, 0) is 0 Å². The molecule has 0 radical (unpaired) electrons. The molecule has 0 spiro atoms. The minimum absolute atomic E-state index is 0.346. The van der Waals surface area contributed by atoms with Crippen LogP contribution in [0.4, 0.5) is 8.78 Å². The van der Waals surface area contributed by atoms with E-state index in [4.69, 9.17) is 4.42 Å². The summed E-state index contributed by atoms with van der Waals surface area (Å²) >= 11 is 0. The van der Waals surface area contributed by atoms with Gasteiger partial charge in [0.25, 0.3) is 0 Å². The number of rotatable bonds is 7. The monoisotopic (exact) mass is 330 g/mol. The number of halogens is 2. The van der Waals surface area contributed by atoms with Gasteiger partial charge in [-0.2, -0.15) is 0 Å². The minimum atomic E-state index is -0.899. The van der Waals surface area contributed by atoms with E-state index in [0.29, 0.717) is 16.7 Å². The van der Waals surface area contributed by atoms with Gasteiger partial charge in [-0.05, 0) is 64.2 Å². The fourth-order valence-corrected chi connectivity index (χ4v) is 2.52. The fraction of sp³-hybridized carbons (Fsp3) is 0.333. The van der Waals surface area contributed by atoms with Crippen molar-refractivity contribution in [2.75, 3.05) is 0 Å². The quantitative estimate of drug-likeness (QED) is 0.489. The molecule has 0 fully saturated rings. The van der Waals surface area contributed by atoms with Crippen LogP contribution in [0.5, 0.6) is 0 Å². The summed E-state index contributed by atoms with van der Waals surface area (Å²) in [5, 5.41) is 0.554. The molecule has 0 amide bonds. The smallest absolute Gasteiger partial charge is 0.162 e. The fourth-order valence-electron chi connectivity index (χ4n) is 2.52. The van der Waals surface area contributed by atoms with Crippen LogP contribution in [0.3, 0.4) is 0 Å². The highest BCUT2D eigenvalue weighted by atomic mass is 19.2. The molecule has 0 unspecified atom stereocenters. The van der Waals surface area contributed by atoms with Crippen molar-refractivity contribution in [2.24, 2.45) is 0 Å².